The van der Waals surface area contributed by atoms with Gasteiger partial charge >= 0.3 is 0 Å². The predicted octanol–water partition coefficient (Wildman–Crippen LogP) is 13.4. The van der Waals surface area contributed by atoms with Crippen LogP contribution < -0.4 is 0 Å². The van der Waals surface area contributed by atoms with Crippen LogP contribution in [0.1, 0.15) is 132 Å². The molecule has 0 N–H and O–H groups in total. The lowest BCUT2D eigenvalue weighted by Gasteiger charge is -2.18. The Labute approximate surface area is 323 Å². The van der Waals surface area contributed by atoms with Gasteiger partial charge in [0.25, 0.3) is 0 Å². The van der Waals surface area contributed by atoms with E-state index in [-0.39, 0.29) is 21.7 Å². The summed E-state index contributed by atoms with van der Waals surface area (Å²) in [5.41, 5.74) is 9.03. The van der Waals surface area contributed by atoms with Gasteiger partial charge in [-0.15, -0.1) is 0 Å². The number of fused-ring (bicyclic) bond motifs is 1. The summed E-state index contributed by atoms with van der Waals surface area (Å²) in [7, 11) is 0. The largest absolute Gasteiger partial charge is 0.324 e. The number of hydrogen-bond donors (Lipinski definition) is 0. The number of benzene rings is 1. The van der Waals surface area contributed by atoms with Crippen LogP contribution in [0.4, 0.5) is 0 Å². The molecule has 0 saturated heterocycles. The normalized spacial score (nSPS) is 11.7. The third-order valence-corrected chi connectivity index (χ3v) is 8.54. The van der Waals surface area contributed by atoms with Gasteiger partial charge in [0.2, 0.25) is 0 Å². The van der Waals surface area contributed by atoms with E-state index < -0.39 is 0 Å². The predicted molar refractivity (Wildman–Crippen MR) is 230 cm³/mol. The first-order chi connectivity index (χ1) is 24.5. The van der Waals surface area contributed by atoms with Crippen molar-refractivity contribution in [1.82, 2.24) is 19.4 Å². The van der Waals surface area contributed by atoms with Crippen molar-refractivity contribution < 1.29 is 0 Å². The van der Waals surface area contributed by atoms with Crippen molar-refractivity contribution in [2.75, 3.05) is 0 Å². The van der Waals surface area contributed by atoms with E-state index in [1.54, 1.807) is 6.20 Å². The third kappa shape index (κ3) is 16.8. The molecular weight excluding hydrogens is 645 g/mol. The highest BCUT2D eigenvalue weighted by Gasteiger charge is 2.15. The summed E-state index contributed by atoms with van der Waals surface area (Å²) in [5.74, 6) is 0. The Kier molecular flexibility index (Phi) is 16.4. The minimum Gasteiger partial charge on any atom is -0.324 e. The molecule has 284 valence electrons. The van der Waals surface area contributed by atoms with Gasteiger partial charge in [-0.1, -0.05) is 146 Å². The number of rotatable bonds is 0. The van der Waals surface area contributed by atoms with Crippen molar-refractivity contribution in [2.24, 2.45) is 0 Å². The van der Waals surface area contributed by atoms with Crippen LogP contribution in [0.5, 0.6) is 0 Å². The Hall–Kier alpha value is -4.57. The van der Waals surface area contributed by atoms with E-state index in [1.807, 2.05) is 43.0 Å². The molecule has 6 aromatic rings. The van der Waals surface area contributed by atoms with Gasteiger partial charge < -0.3 is 4.40 Å². The molecule has 53 heavy (non-hydrogen) atoms. The average molecular weight is 713 g/mol. The Morgan fingerprint density at radius 2 is 0.906 bits per heavy atom. The summed E-state index contributed by atoms with van der Waals surface area (Å²) in [6.45, 7) is 33.0. The zero-order valence-electron chi connectivity index (χ0n) is 35.6. The maximum Gasteiger partial charge on any atom is 0.0457 e. The van der Waals surface area contributed by atoms with Gasteiger partial charge in [0.05, 0.1) is 0 Å². The topological polar surface area (TPSA) is 43.1 Å². The standard InChI is InChI=1S/C12H15N.C10H14.3C9H13N/c1-12(2,3)10-6-8-13-7-4-5-11(13)9-10;1-10(2,3)9-7-5-4-6-8-9;1-9(2,3)8-4-6-10-7-5-8;1-9(2,3)8-5-4-6-10-7-8;1-9(2,3)8-6-4-5-7-10-8/h4-9H,1-3H3;4-8H,1-3H3;3*4-7H,1-3H3. The second-order valence-electron chi connectivity index (χ2n) is 18.6. The van der Waals surface area contributed by atoms with E-state index >= 15 is 0 Å². The molecule has 0 aliphatic heterocycles. The van der Waals surface area contributed by atoms with Crippen molar-refractivity contribution in [3.05, 3.63) is 168 Å². The van der Waals surface area contributed by atoms with Gasteiger partial charge in [-0.3, -0.25) is 15.0 Å². The summed E-state index contributed by atoms with van der Waals surface area (Å²) in [4.78, 5) is 12.3. The van der Waals surface area contributed by atoms with E-state index in [2.05, 4.69) is 214 Å². The van der Waals surface area contributed by atoms with Crippen LogP contribution in [0.3, 0.4) is 0 Å². The maximum absolute atomic E-state index is 4.25. The quantitative estimate of drug-likeness (QED) is 0.157. The van der Waals surface area contributed by atoms with Gasteiger partial charge in [0, 0.05) is 60.0 Å². The van der Waals surface area contributed by atoms with E-state index in [4.69, 9.17) is 0 Å². The third-order valence-electron chi connectivity index (χ3n) is 8.54. The molecule has 0 amide bonds. The maximum atomic E-state index is 4.25. The lowest BCUT2D eigenvalue weighted by molar-refractivity contribution is 0.569. The fourth-order valence-corrected chi connectivity index (χ4v) is 4.90. The van der Waals surface area contributed by atoms with Crippen LogP contribution in [0.25, 0.3) is 5.52 Å². The molecule has 0 aliphatic rings. The summed E-state index contributed by atoms with van der Waals surface area (Å²) in [5, 5.41) is 0. The molecule has 0 atom stereocenters. The van der Waals surface area contributed by atoms with Gasteiger partial charge in [0.1, 0.15) is 0 Å². The zero-order chi connectivity index (χ0) is 39.9. The molecule has 5 aromatic heterocycles. The molecule has 6 rings (SSSR count). The number of hydrogen-bond acceptors (Lipinski definition) is 3. The molecule has 0 unspecified atom stereocenters. The van der Waals surface area contributed by atoms with E-state index in [1.165, 1.54) is 27.8 Å². The Balaban J connectivity index is 0.000000230. The van der Waals surface area contributed by atoms with Crippen LogP contribution >= 0.6 is 0 Å². The minimum absolute atomic E-state index is 0.182. The highest BCUT2D eigenvalue weighted by molar-refractivity contribution is 5.50. The fourth-order valence-electron chi connectivity index (χ4n) is 4.90. The summed E-state index contributed by atoms with van der Waals surface area (Å²) in [6.07, 6.45) is 13.4. The van der Waals surface area contributed by atoms with Crippen molar-refractivity contribution in [2.45, 2.75) is 131 Å². The SMILES string of the molecule is CC(C)(C)c1ccccc1.CC(C)(C)c1ccccn1.CC(C)(C)c1cccnc1.CC(C)(C)c1ccn2cccc2c1.CC(C)(C)c1ccncc1. The molecular formula is C49H68N4. The van der Waals surface area contributed by atoms with Crippen molar-refractivity contribution in [3.8, 4) is 0 Å². The van der Waals surface area contributed by atoms with Gasteiger partial charge in [-0.05, 0) is 98.5 Å². The van der Waals surface area contributed by atoms with Crippen molar-refractivity contribution in [1.29, 1.82) is 0 Å². The highest BCUT2D eigenvalue weighted by atomic mass is 14.8. The van der Waals surface area contributed by atoms with Crippen LogP contribution in [-0.2, 0) is 27.1 Å². The molecule has 0 aliphatic carbocycles. The van der Waals surface area contributed by atoms with Crippen LogP contribution in [0.2, 0.25) is 0 Å². The zero-order valence-corrected chi connectivity index (χ0v) is 35.6. The first kappa shape index (κ1) is 44.6. The molecule has 5 heterocycles. The van der Waals surface area contributed by atoms with Crippen LogP contribution in [0, 0.1) is 0 Å². The first-order valence-corrected chi connectivity index (χ1v) is 18.8. The molecule has 4 heteroatoms. The molecule has 4 nitrogen and oxygen atoms in total. The molecule has 0 saturated carbocycles. The second kappa shape index (κ2) is 19.5. The Morgan fingerprint density at radius 3 is 1.30 bits per heavy atom. The average Bonchev–Trinajstić information content (AvgIpc) is 3.58. The molecule has 1 aromatic carbocycles. The lowest BCUT2D eigenvalue weighted by atomic mass is 9.87. The van der Waals surface area contributed by atoms with Crippen molar-refractivity contribution >= 4 is 5.52 Å². The van der Waals surface area contributed by atoms with E-state index in [0.717, 1.165) is 5.69 Å². The molecule has 0 spiro atoms. The van der Waals surface area contributed by atoms with E-state index in [9.17, 15) is 0 Å². The summed E-state index contributed by atoms with van der Waals surface area (Å²) < 4.78 is 2.13. The monoisotopic (exact) mass is 713 g/mol. The Bertz CT molecular complexity index is 1640. The van der Waals surface area contributed by atoms with E-state index in [0.29, 0.717) is 5.41 Å². The van der Waals surface area contributed by atoms with Gasteiger partial charge in [-0.25, -0.2) is 0 Å². The summed E-state index contributed by atoms with van der Waals surface area (Å²) >= 11 is 0. The highest BCUT2D eigenvalue weighted by Crippen LogP contribution is 2.24. The van der Waals surface area contributed by atoms with Crippen molar-refractivity contribution in [3.63, 3.8) is 0 Å². The summed E-state index contributed by atoms with van der Waals surface area (Å²) in [6, 6.07) is 33.4. The number of nitrogens with zero attached hydrogens (tertiary/aromatic N) is 4. The minimum atomic E-state index is 0.182. The Morgan fingerprint density at radius 1 is 0.377 bits per heavy atom. The fraction of sp³-hybridized carbons (Fsp3) is 0.408. The molecule has 0 radical (unpaired) electrons. The van der Waals surface area contributed by atoms with Crippen LogP contribution in [0.15, 0.2) is 140 Å². The van der Waals surface area contributed by atoms with Gasteiger partial charge in [0.15, 0.2) is 0 Å². The molecule has 0 fully saturated rings. The van der Waals surface area contributed by atoms with Gasteiger partial charge in [-0.2, -0.15) is 0 Å². The number of pyridine rings is 4. The molecule has 0 bridgehead atoms. The smallest absolute Gasteiger partial charge is 0.0457 e. The lowest BCUT2D eigenvalue weighted by Crippen LogP contribution is -2.12. The first-order valence-electron chi connectivity index (χ1n) is 18.8. The second-order valence-corrected chi connectivity index (χ2v) is 18.6. The van der Waals surface area contributed by atoms with Crippen LogP contribution in [-0.4, -0.2) is 19.4 Å². The number of aromatic nitrogens is 4.